The Morgan fingerprint density at radius 2 is 1.41 bits per heavy atom. The van der Waals surface area contributed by atoms with Gasteiger partial charge in [-0.2, -0.15) is 0 Å². The second-order valence-electron chi connectivity index (χ2n) is 16.6. The molecule has 8 atom stereocenters. The molecule has 0 amide bonds. The lowest BCUT2D eigenvalue weighted by molar-refractivity contribution is -0.139. The highest BCUT2D eigenvalue weighted by Crippen LogP contribution is 2.65. The van der Waals surface area contributed by atoms with E-state index in [1.165, 1.54) is 0 Å². The van der Waals surface area contributed by atoms with Gasteiger partial charge in [-0.3, -0.25) is 4.79 Å². The molecule has 3 saturated carbocycles. The molecule has 0 aromatic rings. The average Bonchev–Trinajstić information content (AvgIpc) is 2.96. The first-order chi connectivity index (χ1) is 16.6. The first-order valence-corrected chi connectivity index (χ1v) is 20.7. The number of fused-ring (bicyclic) bond motifs is 5. The van der Waals surface area contributed by atoms with Gasteiger partial charge < -0.3 is 14.0 Å². The van der Waals surface area contributed by atoms with Crippen LogP contribution in [-0.4, -0.2) is 45.8 Å². The van der Waals surface area contributed by atoms with Crippen molar-refractivity contribution < 1.29 is 18.8 Å². The number of carbonyl (C=O) groups excluding carboxylic acids is 1. The first-order valence-electron chi connectivity index (χ1n) is 14.9. The maximum absolute atomic E-state index is 13.2. The minimum atomic E-state index is -2.05. The monoisotopic (exact) mass is 548 g/mol. The molecule has 1 N–H and O–H groups in total. The Bertz CT molecular complexity index is 942. The zero-order chi connectivity index (χ0) is 28.0. The van der Waals surface area contributed by atoms with E-state index in [1.807, 2.05) is 0 Å². The predicted molar refractivity (Wildman–Crippen MR) is 158 cm³/mol. The Kier molecular flexibility index (Phi) is 7.32. The normalized spacial score (nSPS) is 41.1. The van der Waals surface area contributed by atoms with Crippen molar-refractivity contribution in [3.63, 3.8) is 0 Å². The molecular formula is C31H56O4Si2. The Hall–Kier alpha value is -0.276. The van der Waals surface area contributed by atoms with Crippen LogP contribution in [-0.2, 0) is 13.6 Å². The van der Waals surface area contributed by atoms with Crippen molar-refractivity contribution in [1.82, 2.24) is 0 Å². The van der Waals surface area contributed by atoms with E-state index in [0.717, 1.165) is 32.1 Å². The van der Waals surface area contributed by atoms with E-state index in [9.17, 15) is 9.90 Å². The molecule has 0 aliphatic heterocycles. The van der Waals surface area contributed by atoms with Crippen LogP contribution in [0.5, 0.6) is 0 Å². The average molecular weight is 549 g/mol. The SMILES string of the molecule is CC(C)(C)[Si](C)(C)O[C@H]1CC[C@@]2(C)C(=C[C@H](O[Si](C)(C)C(C)(C)C)C3C2CC[C@]2(C)C(=O)[C@H](O)CC32)C1. The number of aliphatic hydroxyl groups excluding tert-OH is 1. The largest absolute Gasteiger partial charge is 0.414 e. The Morgan fingerprint density at radius 3 is 1.97 bits per heavy atom. The number of Topliss-reactive ketones (excluding diaryl/α,β-unsaturated/α-hetero) is 1. The fourth-order valence-electron chi connectivity index (χ4n) is 7.71. The van der Waals surface area contributed by atoms with Crippen LogP contribution < -0.4 is 0 Å². The van der Waals surface area contributed by atoms with Crippen molar-refractivity contribution in [2.24, 2.45) is 28.6 Å². The van der Waals surface area contributed by atoms with Crippen molar-refractivity contribution in [2.75, 3.05) is 0 Å². The number of ketones is 1. The third kappa shape index (κ3) is 4.83. The van der Waals surface area contributed by atoms with Gasteiger partial charge in [0.25, 0.3) is 0 Å². The maximum atomic E-state index is 13.2. The molecular weight excluding hydrogens is 493 g/mol. The van der Waals surface area contributed by atoms with Crippen molar-refractivity contribution in [2.45, 2.75) is 148 Å². The minimum absolute atomic E-state index is 0.0170. The molecule has 4 nitrogen and oxygen atoms in total. The molecule has 0 aromatic carbocycles. The van der Waals surface area contributed by atoms with Gasteiger partial charge in [0, 0.05) is 11.5 Å². The summed E-state index contributed by atoms with van der Waals surface area (Å²) >= 11 is 0. The molecule has 6 heteroatoms. The maximum Gasteiger partial charge on any atom is 0.192 e. The fraction of sp³-hybridized carbons (Fsp3) is 0.903. The standard InChI is InChI=1S/C31H56O4Si2/c1-28(2,3)36(9,10)34-21-13-15-30(7)20(17-21)18-25(35-37(11,12)29(4,5)6)26-22(30)14-16-31(8)23(26)19-24(32)27(31)33/h18,21-26,32H,13-17,19H2,1-12H3/t21-,22?,23?,24+,25-,26?,30-,31-/m0/s1. The Morgan fingerprint density at radius 1 is 0.865 bits per heavy atom. The van der Waals surface area contributed by atoms with Crippen molar-refractivity contribution in [3.8, 4) is 0 Å². The van der Waals surface area contributed by atoms with Crippen LogP contribution in [0.1, 0.15) is 93.9 Å². The van der Waals surface area contributed by atoms with E-state index in [1.54, 1.807) is 5.57 Å². The van der Waals surface area contributed by atoms with Crippen LogP contribution in [0.3, 0.4) is 0 Å². The van der Waals surface area contributed by atoms with Gasteiger partial charge in [-0.05, 0) is 98.0 Å². The van der Waals surface area contributed by atoms with Crippen LogP contribution >= 0.6 is 0 Å². The molecule has 3 fully saturated rings. The summed E-state index contributed by atoms with van der Waals surface area (Å²) in [6.07, 6.45) is 7.81. The molecule has 0 bridgehead atoms. The smallest absolute Gasteiger partial charge is 0.192 e. The van der Waals surface area contributed by atoms with E-state index < -0.39 is 28.2 Å². The predicted octanol–water partition coefficient (Wildman–Crippen LogP) is 7.88. The summed E-state index contributed by atoms with van der Waals surface area (Å²) in [5, 5.41) is 11.0. The van der Waals surface area contributed by atoms with Crippen LogP contribution in [0.4, 0.5) is 0 Å². The van der Waals surface area contributed by atoms with Gasteiger partial charge in [0.2, 0.25) is 0 Å². The number of hydrogen-bond donors (Lipinski definition) is 1. The molecule has 37 heavy (non-hydrogen) atoms. The molecule has 0 spiro atoms. The van der Waals surface area contributed by atoms with Gasteiger partial charge in [-0.25, -0.2) is 0 Å². The number of hydrogen-bond acceptors (Lipinski definition) is 4. The number of carbonyl (C=O) groups is 1. The van der Waals surface area contributed by atoms with Gasteiger partial charge in [0.15, 0.2) is 22.4 Å². The molecule has 4 aliphatic carbocycles. The third-order valence-electron chi connectivity index (χ3n) is 12.3. The van der Waals surface area contributed by atoms with Crippen LogP contribution in [0, 0.1) is 28.6 Å². The van der Waals surface area contributed by atoms with E-state index >= 15 is 0 Å². The summed E-state index contributed by atoms with van der Waals surface area (Å²) in [6, 6.07) is 0. The highest BCUT2D eigenvalue weighted by atomic mass is 28.4. The second kappa shape index (κ2) is 9.12. The quantitative estimate of drug-likeness (QED) is 0.287. The molecule has 0 radical (unpaired) electrons. The van der Waals surface area contributed by atoms with E-state index in [4.69, 9.17) is 8.85 Å². The molecule has 3 unspecified atom stereocenters. The zero-order valence-electron chi connectivity index (χ0n) is 26.0. The van der Waals surface area contributed by atoms with Crippen LogP contribution in [0.15, 0.2) is 11.6 Å². The summed E-state index contributed by atoms with van der Waals surface area (Å²) in [7, 11) is -3.90. The second-order valence-corrected chi connectivity index (χ2v) is 26.1. The lowest BCUT2D eigenvalue weighted by Gasteiger charge is -2.60. The summed E-state index contributed by atoms with van der Waals surface area (Å²) in [6.45, 7) is 28.0. The molecule has 4 rings (SSSR count). The van der Waals surface area contributed by atoms with E-state index in [-0.39, 0.29) is 39.4 Å². The highest BCUT2D eigenvalue weighted by molar-refractivity contribution is 6.74. The van der Waals surface area contributed by atoms with Gasteiger partial charge >= 0.3 is 0 Å². The fourth-order valence-corrected chi connectivity index (χ4v) is 10.4. The van der Waals surface area contributed by atoms with Gasteiger partial charge in [0.05, 0.1) is 6.10 Å². The van der Waals surface area contributed by atoms with Crippen molar-refractivity contribution in [3.05, 3.63) is 11.6 Å². The van der Waals surface area contributed by atoms with Gasteiger partial charge in [0.1, 0.15) is 6.10 Å². The Labute approximate surface area is 229 Å². The molecule has 4 aliphatic rings. The highest BCUT2D eigenvalue weighted by Gasteiger charge is 2.64. The zero-order valence-corrected chi connectivity index (χ0v) is 28.0. The summed E-state index contributed by atoms with van der Waals surface area (Å²) < 4.78 is 14.2. The topological polar surface area (TPSA) is 55.8 Å². The van der Waals surface area contributed by atoms with Crippen molar-refractivity contribution >= 4 is 22.4 Å². The number of rotatable bonds is 4. The summed E-state index contributed by atoms with van der Waals surface area (Å²) in [5.41, 5.74) is 1.25. The molecule has 0 heterocycles. The molecule has 212 valence electrons. The summed E-state index contributed by atoms with van der Waals surface area (Å²) in [4.78, 5) is 13.2. The minimum Gasteiger partial charge on any atom is -0.414 e. The summed E-state index contributed by atoms with van der Waals surface area (Å²) in [5.74, 6) is 1.06. The lowest BCUT2D eigenvalue weighted by atomic mass is 9.47. The van der Waals surface area contributed by atoms with Crippen LogP contribution in [0.2, 0.25) is 36.3 Å². The van der Waals surface area contributed by atoms with Crippen LogP contribution in [0.25, 0.3) is 0 Å². The van der Waals surface area contributed by atoms with Gasteiger partial charge in [-0.1, -0.05) is 67.0 Å². The first kappa shape index (κ1) is 29.7. The van der Waals surface area contributed by atoms with Crippen molar-refractivity contribution in [1.29, 1.82) is 0 Å². The molecule has 0 saturated heterocycles. The lowest BCUT2D eigenvalue weighted by Crippen LogP contribution is -2.58. The van der Waals surface area contributed by atoms with E-state index in [0.29, 0.717) is 18.3 Å². The third-order valence-corrected chi connectivity index (χ3v) is 21.3. The Balaban J connectivity index is 1.73. The molecule has 0 aromatic heterocycles. The van der Waals surface area contributed by atoms with E-state index in [2.05, 4.69) is 87.7 Å². The van der Waals surface area contributed by atoms with Gasteiger partial charge in [-0.15, -0.1) is 0 Å². The number of aliphatic hydroxyl groups is 1.